The summed E-state index contributed by atoms with van der Waals surface area (Å²) in [7, 11) is 0. The monoisotopic (exact) mass is 963 g/mol. The first-order chi connectivity index (χ1) is 33.2. The fourth-order valence-electron chi connectivity index (χ4n) is 9.13. The Kier molecular flexibility index (Phi) is 18.6. The summed E-state index contributed by atoms with van der Waals surface area (Å²) in [6.45, 7) is 8.67. The molecule has 5 N–H and O–H groups in total. The number of aliphatic hydroxyl groups excluding tert-OH is 1. The molecule has 9 nitrogen and oxygen atoms in total. The smallest absolute Gasteiger partial charge is 0.318 e. The van der Waals surface area contributed by atoms with Crippen LogP contribution in [-0.4, -0.2) is 65.6 Å². The second-order valence-corrected chi connectivity index (χ2v) is 17.1. The first-order valence-corrected chi connectivity index (χ1v) is 22.4. The van der Waals surface area contributed by atoms with E-state index in [0.717, 1.165) is 34.4 Å². The van der Waals surface area contributed by atoms with Gasteiger partial charge in [-0.2, -0.15) is 0 Å². The zero-order valence-corrected chi connectivity index (χ0v) is 38.7. The minimum atomic E-state index is -0.673. The lowest BCUT2D eigenvalue weighted by molar-refractivity contribution is -0.176. The van der Waals surface area contributed by atoms with Crippen LogP contribution in [0.3, 0.4) is 0 Å². The molecule has 16 heteroatoms. The number of carbonyl (C=O) groups excluding carboxylic acids is 2. The Morgan fingerprint density at radius 2 is 0.957 bits per heavy atom. The van der Waals surface area contributed by atoms with Crippen molar-refractivity contribution in [2.24, 2.45) is 0 Å². The third-order valence-electron chi connectivity index (χ3n) is 13.0. The molecule has 70 heavy (non-hydrogen) atoms. The highest BCUT2D eigenvalue weighted by Crippen LogP contribution is 2.38. The van der Waals surface area contributed by atoms with Crippen LogP contribution in [0.4, 0.5) is 35.9 Å². The van der Waals surface area contributed by atoms with Crippen LogP contribution in [-0.2, 0) is 11.1 Å². The van der Waals surface area contributed by atoms with E-state index in [1.165, 1.54) is 48.5 Å². The Morgan fingerprint density at radius 1 is 0.586 bits per heavy atom. The number of hydrogen-bond donors (Lipinski definition) is 5. The molecule has 3 radical (unpaired) electrons. The number of benzene rings is 6. The quantitative estimate of drug-likeness (QED) is 0.0259. The van der Waals surface area contributed by atoms with Gasteiger partial charge in [-0.05, 0) is 128 Å². The summed E-state index contributed by atoms with van der Waals surface area (Å²) in [6, 6.07) is 32.8. The first-order valence-electron chi connectivity index (χ1n) is 22.4. The summed E-state index contributed by atoms with van der Waals surface area (Å²) in [5.41, 5.74) is 4.01. The van der Waals surface area contributed by atoms with E-state index in [9.17, 15) is 41.0 Å². The number of hydrogen-bond acceptors (Lipinski definition) is 5. The standard InChI is InChI=1S/C27H27F3N2O2.C27H25F3N2O.B.H2O2/c1-18(19-3-5-20(6-4-19)24-12-11-23(29)17-25(24)30)32-15-14-27(13-2-16-33,31-26(32)34)21-7-9-22(28)10-8-21;1-3-14-27(21-8-10-22(28)11-9-21)15-16-32(26(33)31-27)18(2)19-4-6-20(7-5-19)24-13-12-23(29)17-25(24)30;;1-2/h3-12,17-18,33H,2,13-16H2,1H3,(H,31,34);3-13,17-18H,1,14-16H2,2H3,(H,31,33);;1-2H/t2*18-,27-;;/m00../s1. The van der Waals surface area contributed by atoms with Crippen molar-refractivity contribution in [3.8, 4) is 22.3 Å². The van der Waals surface area contributed by atoms with Crippen molar-refractivity contribution in [1.29, 1.82) is 0 Å². The second kappa shape index (κ2) is 24.1. The number of nitrogens with zero attached hydrogens (tertiary/aromatic N) is 2. The van der Waals surface area contributed by atoms with Gasteiger partial charge in [0.25, 0.3) is 0 Å². The molecule has 0 bridgehead atoms. The Hall–Kier alpha value is -6.88. The molecule has 4 atom stereocenters. The molecule has 0 spiro atoms. The van der Waals surface area contributed by atoms with E-state index in [1.807, 2.05) is 38.1 Å². The van der Waals surface area contributed by atoms with Crippen molar-refractivity contribution in [2.75, 3.05) is 19.7 Å². The van der Waals surface area contributed by atoms with Gasteiger partial charge in [-0.1, -0.05) is 78.9 Å². The topological polar surface area (TPSA) is 125 Å². The number of amides is 4. The van der Waals surface area contributed by atoms with E-state index in [4.69, 9.17) is 10.5 Å². The molecular weight excluding hydrogens is 909 g/mol. The lowest BCUT2D eigenvalue weighted by atomic mass is 9.81. The molecule has 2 heterocycles. The minimum Gasteiger partial charge on any atom is -0.396 e. The summed E-state index contributed by atoms with van der Waals surface area (Å²) in [4.78, 5) is 29.8. The summed E-state index contributed by atoms with van der Waals surface area (Å²) >= 11 is 0. The van der Waals surface area contributed by atoms with Gasteiger partial charge in [0.15, 0.2) is 0 Å². The number of aliphatic hydroxyl groups is 1. The fourth-order valence-corrected chi connectivity index (χ4v) is 9.13. The minimum absolute atomic E-state index is 0. The van der Waals surface area contributed by atoms with Crippen LogP contribution in [0, 0.1) is 34.9 Å². The van der Waals surface area contributed by atoms with Crippen LogP contribution in [0.15, 0.2) is 146 Å². The van der Waals surface area contributed by atoms with Gasteiger partial charge in [0.05, 0.1) is 23.2 Å². The van der Waals surface area contributed by atoms with Gasteiger partial charge < -0.3 is 25.5 Å². The van der Waals surface area contributed by atoms with Crippen molar-refractivity contribution >= 4 is 20.5 Å². The zero-order chi connectivity index (χ0) is 49.9. The molecule has 0 aromatic heterocycles. The Balaban J connectivity index is 0.000000249. The van der Waals surface area contributed by atoms with Gasteiger partial charge in [0, 0.05) is 51.4 Å². The van der Waals surface area contributed by atoms with E-state index in [-0.39, 0.29) is 50.8 Å². The van der Waals surface area contributed by atoms with Crippen LogP contribution >= 0.6 is 0 Å². The molecule has 0 saturated carbocycles. The maximum absolute atomic E-state index is 14.1. The molecule has 365 valence electrons. The van der Waals surface area contributed by atoms with E-state index in [2.05, 4.69) is 17.2 Å². The van der Waals surface area contributed by atoms with Crippen LogP contribution in [0.5, 0.6) is 0 Å². The van der Waals surface area contributed by atoms with Crippen molar-refractivity contribution in [3.05, 3.63) is 203 Å². The van der Waals surface area contributed by atoms with E-state index in [1.54, 1.807) is 64.4 Å². The highest BCUT2D eigenvalue weighted by atomic mass is 19.2. The van der Waals surface area contributed by atoms with Gasteiger partial charge in [-0.3, -0.25) is 10.5 Å². The maximum Gasteiger partial charge on any atom is 0.318 e. The number of rotatable bonds is 13. The molecule has 6 aromatic carbocycles. The fraction of sp³-hybridized carbons (Fsp3) is 0.259. The molecule has 8 rings (SSSR count). The molecule has 0 aliphatic carbocycles. The molecule has 2 saturated heterocycles. The summed E-state index contributed by atoms with van der Waals surface area (Å²) < 4.78 is 81.5. The predicted octanol–water partition coefficient (Wildman–Crippen LogP) is 12.3. The van der Waals surface area contributed by atoms with Gasteiger partial charge >= 0.3 is 12.1 Å². The van der Waals surface area contributed by atoms with E-state index >= 15 is 0 Å². The lowest BCUT2D eigenvalue weighted by Crippen LogP contribution is -2.58. The molecule has 2 aliphatic heterocycles. The Labute approximate surface area is 405 Å². The van der Waals surface area contributed by atoms with E-state index in [0.29, 0.717) is 67.4 Å². The van der Waals surface area contributed by atoms with Crippen molar-refractivity contribution in [3.63, 3.8) is 0 Å². The first kappa shape index (κ1) is 54.1. The van der Waals surface area contributed by atoms with Gasteiger partial charge in [0.2, 0.25) is 0 Å². The van der Waals surface area contributed by atoms with Crippen molar-refractivity contribution in [1.82, 2.24) is 20.4 Å². The van der Waals surface area contributed by atoms with Crippen LogP contribution in [0.1, 0.15) is 80.3 Å². The third kappa shape index (κ3) is 12.3. The van der Waals surface area contributed by atoms with Gasteiger partial charge in [0.1, 0.15) is 34.9 Å². The maximum atomic E-state index is 14.1. The molecular formula is C54H54BF6N4O5. The lowest BCUT2D eigenvalue weighted by Gasteiger charge is -2.45. The Morgan fingerprint density at radius 3 is 1.33 bits per heavy atom. The molecule has 0 unspecified atom stereocenters. The SMILES string of the molecule is C=CC[C@@]1(c2ccc(F)cc2)CCN([C@@H](C)c2ccc(-c3ccc(F)cc3F)cc2)C(=O)N1.C[C@@H](c1ccc(-c2ccc(F)cc2F)cc1)N1CC[C@@](CCCO)(c2ccc(F)cc2)NC1=O.OO.[B]. The van der Waals surface area contributed by atoms with Crippen molar-refractivity contribution < 1.29 is 51.6 Å². The number of nitrogens with one attached hydrogen (secondary N) is 2. The predicted molar refractivity (Wildman–Crippen MR) is 258 cm³/mol. The van der Waals surface area contributed by atoms with Crippen LogP contribution < -0.4 is 10.6 Å². The number of halogens is 6. The molecule has 2 fully saturated rings. The van der Waals surface area contributed by atoms with E-state index < -0.39 is 34.3 Å². The van der Waals surface area contributed by atoms with Gasteiger partial charge in [-0.15, -0.1) is 6.58 Å². The van der Waals surface area contributed by atoms with Crippen LogP contribution in [0.25, 0.3) is 22.3 Å². The molecule has 4 amide bonds. The highest BCUT2D eigenvalue weighted by Gasteiger charge is 2.42. The van der Waals surface area contributed by atoms with Crippen LogP contribution in [0.2, 0.25) is 0 Å². The average molecular weight is 964 g/mol. The zero-order valence-electron chi connectivity index (χ0n) is 38.7. The largest absolute Gasteiger partial charge is 0.396 e. The molecule has 2 aliphatic rings. The summed E-state index contributed by atoms with van der Waals surface area (Å²) in [5, 5.41) is 27.6. The second-order valence-electron chi connectivity index (χ2n) is 17.1. The number of carbonyl (C=O) groups is 2. The Bertz CT molecular complexity index is 2700. The summed E-state index contributed by atoms with van der Waals surface area (Å²) in [5.74, 6) is -3.16. The number of urea groups is 2. The summed E-state index contributed by atoms with van der Waals surface area (Å²) in [6.07, 6.45) is 4.59. The average Bonchev–Trinajstić information content (AvgIpc) is 3.34. The highest BCUT2D eigenvalue weighted by molar-refractivity contribution is 5.78. The molecule has 6 aromatic rings. The van der Waals surface area contributed by atoms with Crippen molar-refractivity contribution in [2.45, 2.75) is 69.1 Å². The normalized spacial score (nSPS) is 18.4. The van der Waals surface area contributed by atoms with Gasteiger partial charge in [-0.25, -0.2) is 35.9 Å². The third-order valence-corrected chi connectivity index (χ3v) is 13.0.